The maximum Gasteiger partial charge on any atom is 0.348 e. The number of hydrogen-bond donors (Lipinski definition) is 0. The standard InChI is InChI=1S/C17H22N2O5S/c1-6-11(16(21)24-9(3)4)19-8-18-14-12(15(19)20)10(5)13(25-14)17(22)23-7-2/h8-9,11H,6-7H2,1-5H3. The van der Waals surface area contributed by atoms with Crippen LogP contribution in [0.25, 0.3) is 10.2 Å². The first-order chi connectivity index (χ1) is 11.8. The average molecular weight is 366 g/mol. The summed E-state index contributed by atoms with van der Waals surface area (Å²) in [7, 11) is 0. The summed E-state index contributed by atoms with van der Waals surface area (Å²) < 4.78 is 11.5. The van der Waals surface area contributed by atoms with E-state index in [0.29, 0.717) is 27.1 Å². The topological polar surface area (TPSA) is 87.5 Å². The first kappa shape index (κ1) is 19.1. The van der Waals surface area contributed by atoms with Gasteiger partial charge in [0.2, 0.25) is 0 Å². The van der Waals surface area contributed by atoms with E-state index in [0.717, 1.165) is 11.3 Å². The number of hydrogen-bond acceptors (Lipinski definition) is 7. The van der Waals surface area contributed by atoms with Crippen molar-refractivity contribution in [1.29, 1.82) is 0 Å². The summed E-state index contributed by atoms with van der Waals surface area (Å²) >= 11 is 1.12. The first-order valence-corrected chi connectivity index (χ1v) is 9.01. The number of aromatic nitrogens is 2. The lowest BCUT2D eigenvalue weighted by Gasteiger charge is -2.18. The van der Waals surface area contributed by atoms with Crippen LogP contribution in [0.15, 0.2) is 11.1 Å². The van der Waals surface area contributed by atoms with Gasteiger partial charge in [-0.2, -0.15) is 0 Å². The molecule has 0 saturated heterocycles. The molecule has 25 heavy (non-hydrogen) atoms. The molecule has 2 rings (SSSR count). The predicted molar refractivity (Wildman–Crippen MR) is 95.1 cm³/mol. The quantitative estimate of drug-likeness (QED) is 0.731. The van der Waals surface area contributed by atoms with Crippen molar-refractivity contribution in [1.82, 2.24) is 9.55 Å². The fraction of sp³-hybridized carbons (Fsp3) is 0.529. The van der Waals surface area contributed by atoms with Gasteiger partial charge < -0.3 is 9.47 Å². The van der Waals surface area contributed by atoms with Crippen molar-refractivity contribution in [3.8, 4) is 0 Å². The summed E-state index contributed by atoms with van der Waals surface area (Å²) in [5, 5.41) is 0.339. The number of aryl methyl sites for hydroxylation is 1. The number of nitrogens with zero attached hydrogens (tertiary/aromatic N) is 2. The molecule has 0 amide bonds. The highest BCUT2D eigenvalue weighted by atomic mass is 32.1. The Morgan fingerprint density at radius 1 is 1.32 bits per heavy atom. The Kier molecular flexibility index (Phi) is 5.94. The summed E-state index contributed by atoms with van der Waals surface area (Å²) in [6.45, 7) is 8.97. The minimum atomic E-state index is -0.753. The Hall–Kier alpha value is -2.22. The summed E-state index contributed by atoms with van der Waals surface area (Å²) in [5.41, 5.74) is 0.166. The van der Waals surface area contributed by atoms with E-state index >= 15 is 0 Å². The van der Waals surface area contributed by atoms with E-state index in [1.807, 2.05) is 0 Å². The number of ether oxygens (including phenoxy) is 2. The van der Waals surface area contributed by atoms with Crippen LogP contribution in [0, 0.1) is 6.92 Å². The molecule has 0 fully saturated rings. The van der Waals surface area contributed by atoms with Gasteiger partial charge in [0, 0.05) is 0 Å². The van der Waals surface area contributed by atoms with E-state index in [-0.39, 0.29) is 18.3 Å². The molecular weight excluding hydrogens is 344 g/mol. The summed E-state index contributed by atoms with van der Waals surface area (Å²) in [6.07, 6.45) is 1.46. The lowest BCUT2D eigenvalue weighted by molar-refractivity contribution is -0.151. The minimum absolute atomic E-state index is 0.253. The van der Waals surface area contributed by atoms with E-state index in [4.69, 9.17) is 9.47 Å². The molecule has 0 bridgehead atoms. The van der Waals surface area contributed by atoms with Gasteiger partial charge in [0.15, 0.2) is 0 Å². The van der Waals surface area contributed by atoms with Crippen LogP contribution >= 0.6 is 11.3 Å². The zero-order valence-electron chi connectivity index (χ0n) is 15.0. The fourth-order valence-electron chi connectivity index (χ4n) is 2.54. The highest BCUT2D eigenvalue weighted by molar-refractivity contribution is 7.20. The normalized spacial score (nSPS) is 12.4. The SMILES string of the molecule is CCOC(=O)c1sc2ncn(C(CC)C(=O)OC(C)C)c(=O)c2c1C. The van der Waals surface area contributed by atoms with Crippen molar-refractivity contribution in [3.05, 3.63) is 27.1 Å². The lowest BCUT2D eigenvalue weighted by Crippen LogP contribution is -2.32. The molecule has 2 heterocycles. The molecule has 8 heteroatoms. The van der Waals surface area contributed by atoms with Gasteiger partial charge in [0.25, 0.3) is 5.56 Å². The molecule has 0 aliphatic carbocycles. The van der Waals surface area contributed by atoms with Gasteiger partial charge in [-0.1, -0.05) is 6.92 Å². The van der Waals surface area contributed by atoms with Crippen molar-refractivity contribution in [2.75, 3.05) is 6.61 Å². The number of esters is 2. The number of thiophene rings is 1. The van der Waals surface area contributed by atoms with Gasteiger partial charge in [0.1, 0.15) is 15.7 Å². The zero-order chi connectivity index (χ0) is 18.7. The van der Waals surface area contributed by atoms with Gasteiger partial charge >= 0.3 is 11.9 Å². The average Bonchev–Trinajstić information content (AvgIpc) is 2.87. The smallest absolute Gasteiger partial charge is 0.348 e. The minimum Gasteiger partial charge on any atom is -0.462 e. The Bertz CT molecular complexity index is 853. The molecule has 0 aliphatic heterocycles. The molecule has 0 saturated carbocycles. The van der Waals surface area contributed by atoms with Gasteiger partial charge in [-0.15, -0.1) is 11.3 Å². The van der Waals surface area contributed by atoms with Crippen LogP contribution in [0.4, 0.5) is 0 Å². The maximum atomic E-state index is 12.9. The fourth-order valence-corrected chi connectivity index (χ4v) is 3.57. The molecule has 1 unspecified atom stereocenters. The summed E-state index contributed by atoms with van der Waals surface area (Å²) in [5.74, 6) is -0.945. The third-order valence-electron chi connectivity index (χ3n) is 3.68. The third kappa shape index (κ3) is 3.73. The Morgan fingerprint density at radius 2 is 2.00 bits per heavy atom. The number of carbonyl (C=O) groups is 2. The Balaban J connectivity index is 2.55. The molecule has 136 valence electrons. The molecule has 2 aromatic rings. The molecule has 0 aromatic carbocycles. The van der Waals surface area contributed by atoms with E-state index in [1.165, 1.54) is 10.9 Å². The highest BCUT2D eigenvalue weighted by Gasteiger charge is 2.26. The molecule has 0 spiro atoms. The second kappa shape index (κ2) is 7.77. The molecule has 2 aromatic heterocycles. The largest absolute Gasteiger partial charge is 0.462 e. The first-order valence-electron chi connectivity index (χ1n) is 8.19. The van der Waals surface area contributed by atoms with Crippen molar-refractivity contribution in [2.45, 2.75) is 53.2 Å². The van der Waals surface area contributed by atoms with Gasteiger partial charge in [-0.25, -0.2) is 14.6 Å². The van der Waals surface area contributed by atoms with Crippen LogP contribution in [0.2, 0.25) is 0 Å². The van der Waals surface area contributed by atoms with Gasteiger partial charge in [0.05, 0.1) is 24.4 Å². The van der Waals surface area contributed by atoms with E-state index in [9.17, 15) is 14.4 Å². The second-order valence-corrected chi connectivity index (χ2v) is 6.82. The monoisotopic (exact) mass is 366 g/mol. The molecule has 1 atom stereocenters. The Morgan fingerprint density at radius 3 is 2.56 bits per heavy atom. The van der Waals surface area contributed by atoms with Crippen molar-refractivity contribution >= 4 is 33.5 Å². The molecule has 0 radical (unpaired) electrons. The van der Waals surface area contributed by atoms with Crippen LogP contribution in [0.3, 0.4) is 0 Å². The summed E-state index contributed by atoms with van der Waals surface area (Å²) in [6, 6.07) is -0.753. The highest BCUT2D eigenvalue weighted by Crippen LogP contribution is 2.28. The van der Waals surface area contributed by atoms with Gasteiger partial charge in [-0.05, 0) is 39.7 Å². The van der Waals surface area contributed by atoms with Crippen LogP contribution in [0.1, 0.15) is 55.4 Å². The molecule has 7 nitrogen and oxygen atoms in total. The van der Waals surface area contributed by atoms with Crippen LogP contribution in [0.5, 0.6) is 0 Å². The van der Waals surface area contributed by atoms with Crippen molar-refractivity contribution < 1.29 is 19.1 Å². The second-order valence-electron chi connectivity index (χ2n) is 5.82. The summed E-state index contributed by atoms with van der Waals surface area (Å²) in [4.78, 5) is 42.3. The van der Waals surface area contributed by atoms with Crippen LogP contribution in [-0.4, -0.2) is 34.2 Å². The van der Waals surface area contributed by atoms with Crippen LogP contribution < -0.4 is 5.56 Å². The lowest BCUT2D eigenvalue weighted by atomic mass is 10.2. The van der Waals surface area contributed by atoms with E-state index < -0.39 is 18.0 Å². The third-order valence-corrected chi connectivity index (χ3v) is 4.86. The molecule has 0 N–H and O–H groups in total. The number of carbonyl (C=O) groups excluding carboxylic acids is 2. The molecule has 0 aliphatic rings. The van der Waals surface area contributed by atoms with Crippen LogP contribution in [-0.2, 0) is 14.3 Å². The number of fused-ring (bicyclic) bond motifs is 1. The van der Waals surface area contributed by atoms with Crippen molar-refractivity contribution in [3.63, 3.8) is 0 Å². The van der Waals surface area contributed by atoms with Gasteiger partial charge in [-0.3, -0.25) is 9.36 Å². The van der Waals surface area contributed by atoms with E-state index in [2.05, 4.69) is 4.98 Å². The predicted octanol–water partition coefficient (Wildman–Crippen LogP) is 2.85. The number of rotatable bonds is 6. The zero-order valence-corrected chi connectivity index (χ0v) is 15.8. The maximum absolute atomic E-state index is 12.9. The Labute approximate surface area is 149 Å². The van der Waals surface area contributed by atoms with E-state index in [1.54, 1.807) is 34.6 Å². The molecular formula is C17H22N2O5S. The van der Waals surface area contributed by atoms with Crippen molar-refractivity contribution in [2.24, 2.45) is 0 Å².